The molecule has 30 heavy (non-hydrogen) atoms. The first-order valence-electron chi connectivity index (χ1n) is 9.87. The fourth-order valence-corrected chi connectivity index (χ4v) is 4.97. The van der Waals surface area contributed by atoms with Crippen LogP contribution in [0.15, 0.2) is 47.5 Å². The molecule has 0 atom stereocenters. The van der Waals surface area contributed by atoms with Crippen molar-refractivity contribution in [2.45, 2.75) is 11.3 Å². The molecule has 1 aliphatic heterocycles. The van der Waals surface area contributed by atoms with Crippen molar-refractivity contribution in [1.82, 2.24) is 15.0 Å². The number of fused-ring (bicyclic) bond motifs is 1. The van der Waals surface area contributed by atoms with E-state index >= 15 is 0 Å². The zero-order valence-corrected chi connectivity index (χ0v) is 18.3. The fourth-order valence-electron chi connectivity index (χ4n) is 3.75. The zero-order valence-electron chi connectivity index (χ0n) is 16.7. The van der Waals surface area contributed by atoms with E-state index in [2.05, 4.69) is 19.9 Å². The Labute approximate surface area is 181 Å². The van der Waals surface area contributed by atoms with Gasteiger partial charge in [-0.2, -0.15) is 0 Å². The van der Waals surface area contributed by atoms with E-state index in [0.717, 1.165) is 48.3 Å². The van der Waals surface area contributed by atoms with E-state index in [1.54, 1.807) is 25.3 Å². The van der Waals surface area contributed by atoms with Crippen LogP contribution in [0.3, 0.4) is 0 Å². The molecule has 7 nitrogen and oxygen atoms in total. The summed E-state index contributed by atoms with van der Waals surface area (Å²) in [5.41, 5.74) is 2.80. The lowest BCUT2D eigenvalue weighted by Crippen LogP contribution is -2.43. The summed E-state index contributed by atoms with van der Waals surface area (Å²) in [7, 11) is -2.05. The van der Waals surface area contributed by atoms with Crippen LogP contribution in [0.1, 0.15) is 5.56 Å². The molecule has 0 bridgehead atoms. The summed E-state index contributed by atoms with van der Waals surface area (Å²) in [5, 5.41) is 4.96. The number of aromatic nitrogens is 1. The van der Waals surface area contributed by atoms with Crippen LogP contribution in [0, 0.1) is 0 Å². The van der Waals surface area contributed by atoms with Crippen molar-refractivity contribution in [3.8, 4) is 5.75 Å². The molecule has 4 rings (SSSR count). The molecule has 2 heterocycles. The summed E-state index contributed by atoms with van der Waals surface area (Å²) < 4.78 is 34.0. The molecule has 3 aromatic rings. The molecule has 0 spiro atoms. The number of halogens is 1. The number of piperazine rings is 1. The van der Waals surface area contributed by atoms with Crippen LogP contribution in [0.5, 0.6) is 5.75 Å². The van der Waals surface area contributed by atoms with Gasteiger partial charge in [0.05, 0.1) is 17.7 Å². The molecule has 0 saturated carbocycles. The number of H-pyrrole nitrogens is 1. The van der Waals surface area contributed by atoms with Gasteiger partial charge in [0.15, 0.2) is 0 Å². The van der Waals surface area contributed by atoms with Crippen molar-refractivity contribution < 1.29 is 13.2 Å². The first kappa shape index (κ1) is 21.0. The average Bonchev–Trinajstić information content (AvgIpc) is 3.16. The Kier molecular flexibility index (Phi) is 6.19. The van der Waals surface area contributed by atoms with Gasteiger partial charge in [-0.25, -0.2) is 13.1 Å². The molecule has 3 N–H and O–H groups in total. The monoisotopic (exact) mass is 448 g/mol. The van der Waals surface area contributed by atoms with Gasteiger partial charge in [-0.15, -0.1) is 0 Å². The zero-order chi connectivity index (χ0) is 21.1. The maximum atomic E-state index is 12.9. The first-order valence-corrected chi connectivity index (χ1v) is 11.7. The molecule has 1 aromatic heterocycles. The second kappa shape index (κ2) is 8.85. The highest BCUT2D eigenvalue weighted by molar-refractivity contribution is 7.89. The van der Waals surface area contributed by atoms with Gasteiger partial charge in [-0.1, -0.05) is 11.6 Å². The Balaban J connectivity index is 1.49. The number of benzene rings is 2. The van der Waals surface area contributed by atoms with Gasteiger partial charge in [0.25, 0.3) is 0 Å². The van der Waals surface area contributed by atoms with Crippen LogP contribution < -0.4 is 19.7 Å². The number of hydrogen-bond donors (Lipinski definition) is 3. The minimum absolute atomic E-state index is 0.235. The van der Waals surface area contributed by atoms with E-state index in [4.69, 9.17) is 16.3 Å². The molecule has 160 valence electrons. The van der Waals surface area contributed by atoms with Gasteiger partial charge < -0.3 is 19.9 Å². The van der Waals surface area contributed by atoms with Crippen molar-refractivity contribution in [2.75, 3.05) is 44.7 Å². The summed E-state index contributed by atoms with van der Waals surface area (Å²) in [6, 6.07) is 10.6. The van der Waals surface area contributed by atoms with Gasteiger partial charge in [-0.3, -0.25) is 0 Å². The molecule has 1 aliphatic rings. The number of nitrogens with zero attached hydrogens (tertiary/aromatic N) is 1. The van der Waals surface area contributed by atoms with Gasteiger partial charge in [0.2, 0.25) is 10.0 Å². The number of aromatic amines is 1. The van der Waals surface area contributed by atoms with E-state index in [1.165, 1.54) is 0 Å². The van der Waals surface area contributed by atoms with Crippen molar-refractivity contribution >= 4 is 38.2 Å². The number of rotatable bonds is 7. The predicted molar refractivity (Wildman–Crippen MR) is 120 cm³/mol. The maximum Gasteiger partial charge on any atom is 0.240 e. The summed E-state index contributed by atoms with van der Waals surface area (Å²) in [5.74, 6) is 0.673. The first-order chi connectivity index (χ1) is 14.5. The summed E-state index contributed by atoms with van der Waals surface area (Å²) in [4.78, 5) is 5.57. The molecule has 0 aliphatic carbocycles. The van der Waals surface area contributed by atoms with Gasteiger partial charge in [0, 0.05) is 54.8 Å². The van der Waals surface area contributed by atoms with Crippen molar-refractivity contribution in [2.24, 2.45) is 0 Å². The maximum absolute atomic E-state index is 12.9. The second-order valence-electron chi connectivity index (χ2n) is 7.22. The van der Waals surface area contributed by atoms with Crippen LogP contribution in [0.4, 0.5) is 5.69 Å². The largest absolute Gasteiger partial charge is 0.495 e. The van der Waals surface area contributed by atoms with Crippen LogP contribution in [-0.4, -0.2) is 53.2 Å². The van der Waals surface area contributed by atoms with E-state index in [1.807, 2.05) is 24.4 Å². The molecule has 0 radical (unpaired) electrons. The number of anilines is 1. The number of methoxy groups -OCH3 is 1. The molecular formula is C21H25ClN4O3S. The van der Waals surface area contributed by atoms with Gasteiger partial charge in [0.1, 0.15) is 5.75 Å². The smallest absolute Gasteiger partial charge is 0.240 e. The Morgan fingerprint density at radius 3 is 2.73 bits per heavy atom. The summed E-state index contributed by atoms with van der Waals surface area (Å²) in [6.45, 7) is 3.60. The number of nitrogens with one attached hydrogen (secondary N) is 3. The Morgan fingerprint density at radius 2 is 1.97 bits per heavy atom. The molecule has 1 fully saturated rings. The second-order valence-corrected chi connectivity index (χ2v) is 9.43. The third-order valence-electron chi connectivity index (χ3n) is 5.33. The third kappa shape index (κ3) is 4.41. The molecule has 0 amide bonds. The number of ether oxygens (including phenoxy) is 1. The number of sulfonamides is 1. The van der Waals surface area contributed by atoms with Crippen molar-refractivity contribution in [3.05, 3.63) is 53.2 Å². The third-order valence-corrected chi connectivity index (χ3v) is 7.03. The van der Waals surface area contributed by atoms with Crippen LogP contribution in [0.25, 0.3) is 10.9 Å². The lowest BCUT2D eigenvalue weighted by molar-refractivity contribution is 0.412. The lowest BCUT2D eigenvalue weighted by atomic mass is 10.1. The SMILES string of the molecule is COc1ccc(S(=O)(=O)NCCc2c[nH]c3ccc(Cl)cc23)cc1N1CCNCC1. The van der Waals surface area contributed by atoms with Gasteiger partial charge >= 0.3 is 0 Å². The molecule has 2 aromatic carbocycles. The standard InChI is InChI=1S/C21H25ClN4O3S/c1-29-21-5-3-17(13-20(21)26-10-8-23-9-11-26)30(27,28)25-7-6-15-14-24-19-4-2-16(22)12-18(15)19/h2-5,12-14,23-25H,6-11H2,1H3. The summed E-state index contributed by atoms with van der Waals surface area (Å²) in [6.07, 6.45) is 2.45. The highest BCUT2D eigenvalue weighted by Gasteiger charge is 2.20. The molecule has 9 heteroatoms. The fraction of sp³-hybridized carbons (Fsp3) is 0.333. The minimum atomic E-state index is -3.65. The van der Waals surface area contributed by atoms with E-state index in [9.17, 15) is 8.42 Å². The normalized spacial score (nSPS) is 14.9. The highest BCUT2D eigenvalue weighted by Crippen LogP contribution is 2.31. The number of hydrogen-bond acceptors (Lipinski definition) is 5. The Morgan fingerprint density at radius 1 is 1.17 bits per heavy atom. The quantitative estimate of drug-likeness (QED) is 0.517. The predicted octanol–water partition coefficient (Wildman–Crippen LogP) is 2.76. The topological polar surface area (TPSA) is 86.5 Å². The Bertz CT molecular complexity index is 1140. The molecule has 1 saturated heterocycles. The van der Waals surface area contributed by atoms with Crippen LogP contribution >= 0.6 is 11.6 Å². The summed E-state index contributed by atoms with van der Waals surface area (Å²) >= 11 is 6.09. The highest BCUT2D eigenvalue weighted by atomic mass is 35.5. The Hall–Kier alpha value is -2.26. The van der Waals surface area contributed by atoms with E-state index in [0.29, 0.717) is 17.2 Å². The minimum Gasteiger partial charge on any atom is -0.495 e. The molecular weight excluding hydrogens is 424 g/mol. The van der Waals surface area contributed by atoms with E-state index < -0.39 is 10.0 Å². The lowest BCUT2D eigenvalue weighted by Gasteiger charge is -2.30. The van der Waals surface area contributed by atoms with E-state index in [-0.39, 0.29) is 11.4 Å². The average molecular weight is 449 g/mol. The molecule has 0 unspecified atom stereocenters. The van der Waals surface area contributed by atoms with Gasteiger partial charge in [-0.05, 0) is 48.4 Å². The van der Waals surface area contributed by atoms with Crippen LogP contribution in [0.2, 0.25) is 5.02 Å². The van der Waals surface area contributed by atoms with Crippen molar-refractivity contribution in [3.63, 3.8) is 0 Å². The van der Waals surface area contributed by atoms with Crippen LogP contribution in [-0.2, 0) is 16.4 Å². The van der Waals surface area contributed by atoms with Crippen molar-refractivity contribution in [1.29, 1.82) is 0 Å².